The average molecular weight is 1350 g/mol. The van der Waals surface area contributed by atoms with E-state index in [-0.39, 0.29) is 185 Å². The van der Waals surface area contributed by atoms with Crippen LogP contribution in [0.2, 0.25) is 0 Å². The number of amides is 6. The van der Waals surface area contributed by atoms with Gasteiger partial charge in [0.05, 0.1) is 71.8 Å². The van der Waals surface area contributed by atoms with Crippen LogP contribution >= 0.6 is 23.2 Å². The number of nitrogens with one attached hydrogen (secondary N) is 2. The maximum absolute atomic E-state index is 16.0. The van der Waals surface area contributed by atoms with Gasteiger partial charge in [0.15, 0.2) is 11.4 Å². The molecular weight excluding hydrogens is 1300 g/mol. The molecule has 488 valence electrons. The van der Waals surface area contributed by atoms with Crippen LogP contribution < -0.4 is 29.6 Å². The second-order valence-electron chi connectivity index (χ2n) is 23.5. The summed E-state index contributed by atoms with van der Waals surface area (Å²) in [4.78, 5) is 127. The molecule has 22 nitrogen and oxygen atoms in total. The van der Waals surface area contributed by atoms with Crippen LogP contribution in [0.5, 0.6) is 46.0 Å². The fourth-order valence-electron chi connectivity index (χ4n) is 11.9. The smallest absolute Gasteiger partial charge is 0.349 e. The van der Waals surface area contributed by atoms with Crippen molar-refractivity contribution >= 4 is 125 Å². The molecule has 2 heterocycles. The van der Waals surface area contributed by atoms with Crippen LogP contribution in [0.25, 0.3) is 52.8 Å². The number of nitriles is 2. The van der Waals surface area contributed by atoms with Gasteiger partial charge >= 0.3 is 11.9 Å². The Morgan fingerprint density at radius 1 is 0.469 bits per heavy atom. The van der Waals surface area contributed by atoms with E-state index in [0.29, 0.717) is 0 Å². The molecule has 0 fully saturated rings. The molecule has 0 bridgehead atoms. The van der Waals surface area contributed by atoms with E-state index in [9.17, 15) is 29.7 Å². The van der Waals surface area contributed by atoms with E-state index < -0.39 is 69.5 Å². The number of imide groups is 2. The molecule has 2 unspecified atom stereocenters. The zero-order chi connectivity index (χ0) is 70.0. The van der Waals surface area contributed by atoms with Gasteiger partial charge in [0.25, 0.3) is 23.6 Å². The minimum absolute atomic E-state index is 0.00000723. The highest BCUT2D eigenvalue weighted by Crippen LogP contribution is 2.58. The van der Waals surface area contributed by atoms with Gasteiger partial charge in [-0.15, -0.1) is 0 Å². The number of esters is 2. The van der Waals surface area contributed by atoms with E-state index in [0.717, 1.165) is 9.80 Å². The Kier molecular flexibility index (Phi) is 19.1. The van der Waals surface area contributed by atoms with Crippen LogP contribution in [-0.4, -0.2) is 95.6 Å². The molecule has 0 radical (unpaired) electrons. The van der Waals surface area contributed by atoms with E-state index in [1.165, 1.54) is 121 Å². The summed E-state index contributed by atoms with van der Waals surface area (Å²) in [6.45, 7) is 28.2. The lowest BCUT2D eigenvalue weighted by Crippen LogP contribution is -2.54. The predicted molar refractivity (Wildman–Crippen MR) is 361 cm³/mol. The number of benzene rings is 9. The molecule has 2 aliphatic rings. The maximum atomic E-state index is 16.0. The van der Waals surface area contributed by atoms with Crippen LogP contribution in [0, 0.1) is 47.6 Å². The lowest BCUT2D eigenvalue weighted by atomic mass is 9.80. The summed E-state index contributed by atoms with van der Waals surface area (Å²) in [5.41, 5.74) is 0.293. The first-order valence-corrected chi connectivity index (χ1v) is 31.2. The summed E-state index contributed by atoms with van der Waals surface area (Å²) < 4.78 is 38.2. The third-order valence-corrected chi connectivity index (χ3v) is 16.4. The van der Waals surface area contributed by atoms with Crippen molar-refractivity contribution in [2.24, 2.45) is 11.8 Å². The summed E-state index contributed by atoms with van der Waals surface area (Å²) in [6, 6.07) is 30.7. The van der Waals surface area contributed by atoms with Crippen LogP contribution in [0.4, 0.5) is 11.4 Å². The van der Waals surface area contributed by atoms with Gasteiger partial charge < -0.3 is 39.1 Å². The topological polar surface area (TPSA) is 279 Å². The standard InChI is InChI=1S/C74H54Cl2N8O14/c1-37(2)29-53(67(85)81-25-27-93-73(91)39(5)75)83-69(87)49-31-55(95-45-17-9-41(35-77)10-18-45)61-62-56(96-46-19-11-42(36-78)12-20-46)32-50-60-52(72(90)84(70(50)88)54(30-38(3)4)68(86)82-26-28-94-74(92)40(6)76)34-58(98-48-23-15-44(80-8)16-24-48)64(66(60)62)63-57(33-51(71(83)89)59(49)65(61)63)97-47-21-13-43(79-7)14-22-47/h9-24,31-34,37-38,53-54H,5-6,25-30H2,1-4H3,(H,81,85)(H,82,86). The van der Waals surface area contributed by atoms with Gasteiger partial charge in [-0.1, -0.05) is 88.3 Å². The number of rotatable bonds is 24. The Bertz CT molecular complexity index is 4500. The van der Waals surface area contributed by atoms with Crippen molar-refractivity contribution in [3.05, 3.63) is 201 Å². The van der Waals surface area contributed by atoms with E-state index >= 15 is 19.2 Å². The summed E-state index contributed by atoms with van der Waals surface area (Å²) in [5.74, 6) is -7.99. The first kappa shape index (κ1) is 67.1. The number of fused-ring (bicyclic) bond motifs is 2. The zero-order valence-electron chi connectivity index (χ0n) is 52.7. The Morgan fingerprint density at radius 3 is 0.990 bits per heavy atom. The Morgan fingerprint density at radius 2 is 0.745 bits per heavy atom. The lowest BCUT2D eigenvalue weighted by Gasteiger charge is -2.36. The minimum Gasteiger partial charge on any atom is -0.460 e. The largest absolute Gasteiger partial charge is 0.460 e. The quantitative estimate of drug-likeness (QED) is 0.0108. The molecule has 0 spiro atoms. The number of nitrogens with zero attached hydrogens (tertiary/aromatic N) is 6. The van der Waals surface area contributed by atoms with Crippen molar-refractivity contribution in [3.8, 4) is 58.1 Å². The highest BCUT2D eigenvalue weighted by molar-refractivity contribution is 6.45. The van der Waals surface area contributed by atoms with Gasteiger partial charge in [-0.2, -0.15) is 10.5 Å². The van der Waals surface area contributed by atoms with Gasteiger partial charge in [-0.3, -0.25) is 38.6 Å². The Balaban J connectivity index is 1.29. The van der Waals surface area contributed by atoms with Crippen molar-refractivity contribution in [1.29, 1.82) is 10.5 Å². The van der Waals surface area contributed by atoms with Crippen LogP contribution in [0.15, 0.2) is 145 Å². The van der Waals surface area contributed by atoms with Gasteiger partial charge in [-0.05, 0) is 122 Å². The molecule has 9 aromatic carbocycles. The normalized spacial score (nSPS) is 13.0. The molecule has 2 aliphatic heterocycles. The number of halogens is 2. The lowest BCUT2D eigenvalue weighted by molar-refractivity contribution is -0.139. The number of hydrogen-bond acceptors (Lipinski definition) is 16. The number of carbonyl (C=O) groups is 8. The predicted octanol–water partition coefficient (Wildman–Crippen LogP) is 14.6. The average Bonchev–Trinajstić information content (AvgIpc) is 0.672. The van der Waals surface area contributed by atoms with E-state index in [2.05, 4.69) is 45.6 Å². The van der Waals surface area contributed by atoms with Gasteiger partial charge in [0, 0.05) is 43.1 Å². The Hall–Kier alpha value is -12.3. The van der Waals surface area contributed by atoms with Gasteiger partial charge in [-0.25, -0.2) is 19.3 Å². The summed E-state index contributed by atoms with van der Waals surface area (Å²) >= 11 is 11.5. The molecule has 0 saturated carbocycles. The van der Waals surface area contributed by atoms with Gasteiger partial charge in [0.1, 0.15) is 81.4 Å². The van der Waals surface area contributed by atoms with Crippen LogP contribution in [0.3, 0.4) is 0 Å². The molecule has 0 saturated heterocycles. The highest BCUT2D eigenvalue weighted by Gasteiger charge is 2.46. The first-order valence-electron chi connectivity index (χ1n) is 30.4. The molecular formula is C74H54Cl2N8O14. The first-order chi connectivity index (χ1) is 47.0. The molecule has 2 N–H and O–H groups in total. The van der Waals surface area contributed by atoms with E-state index in [1.54, 1.807) is 27.7 Å². The van der Waals surface area contributed by atoms with Crippen molar-refractivity contribution in [2.45, 2.75) is 52.6 Å². The molecule has 24 heteroatoms. The third kappa shape index (κ3) is 13.0. The monoisotopic (exact) mass is 1350 g/mol. The summed E-state index contributed by atoms with van der Waals surface area (Å²) in [7, 11) is 0. The molecule has 11 rings (SSSR count). The second kappa shape index (κ2) is 27.9. The van der Waals surface area contributed by atoms with Crippen molar-refractivity contribution < 1.29 is 66.8 Å². The fraction of sp³-hybridized carbons (Fsp3) is 0.189. The highest BCUT2D eigenvalue weighted by atomic mass is 35.5. The van der Waals surface area contributed by atoms with Crippen LogP contribution in [0.1, 0.15) is 93.1 Å². The molecule has 0 aliphatic carbocycles. The van der Waals surface area contributed by atoms with E-state index in [4.69, 9.17) is 64.8 Å². The third-order valence-electron chi connectivity index (χ3n) is 16.1. The molecule has 0 aromatic heterocycles. The minimum atomic E-state index is -1.52. The van der Waals surface area contributed by atoms with Crippen LogP contribution in [-0.2, 0) is 28.7 Å². The summed E-state index contributed by atoms with van der Waals surface area (Å²) in [6.07, 6.45) is -0.147. The van der Waals surface area contributed by atoms with Crippen molar-refractivity contribution in [1.82, 2.24) is 20.4 Å². The van der Waals surface area contributed by atoms with E-state index in [1.807, 2.05) is 0 Å². The number of ether oxygens (including phenoxy) is 6. The molecule has 98 heavy (non-hydrogen) atoms. The van der Waals surface area contributed by atoms with Crippen molar-refractivity contribution in [3.63, 3.8) is 0 Å². The summed E-state index contributed by atoms with van der Waals surface area (Å²) in [5, 5.41) is 24.9. The van der Waals surface area contributed by atoms with Gasteiger partial charge in [0.2, 0.25) is 11.8 Å². The SMILES string of the molecule is [C-]#[N+]c1ccc(Oc2cc3c4c(cc(Oc5ccc(C#N)cc5)c5c6c(Oc7ccc(C#N)cc7)cc7c8c(cc(Oc9ccc([N+]#[C-])cc9)c(c2c45)c86)C(=O)N(C(CC(C)C)C(=O)NCCOC(=O)C(=C)Cl)C7=O)C(=O)N(C(CC(C)C)C(=O)NCCOC(=O)C(=C)Cl)C3=O)cc1. The Labute approximate surface area is 569 Å². The second-order valence-corrected chi connectivity index (χ2v) is 24.4. The maximum Gasteiger partial charge on any atom is 0.349 e. The molecule has 9 aromatic rings. The zero-order valence-corrected chi connectivity index (χ0v) is 54.2. The molecule has 6 amide bonds. The number of carbonyl (C=O) groups excluding carboxylic acids is 8. The molecule has 2 atom stereocenters. The fourth-order valence-corrected chi connectivity index (χ4v) is 12.0. The number of hydrogen-bond donors (Lipinski definition) is 2. The van der Waals surface area contributed by atoms with Crippen molar-refractivity contribution in [2.75, 3.05) is 26.3 Å².